The second kappa shape index (κ2) is 7.47. The van der Waals surface area contributed by atoms with Crippen molar-refractivity contribution in [1.82, 2.24) is 4.90 Å². The van der Waals surface area contributed by atoms with Gasteiger partial charge in [-0.05, 0) is 25.9 Å². The summed E-state index contributed by atoms with van der Waals surface area (Å²) in [5.41, 5.74) is 0. The third-order valence-electron chi connectivity index (χ3n) is 1.76. The van der Waals surface area contributed by atoms with Crippen molar-refractivity contribution >= 4 is 0 Å². The lowest BCUT2D eigenvalue weighted by Crippen LogP contribution is -2.30. The van der Waals surface area contributed by atoms with E-state index in [9.17, 15) is 8.78 Å². The molecule has 0 aromatic carbocycles. The van der Waals surface area contributed by atoms with Crippen molar-refractivity contribution < 1.29 is 8.78 Å². The highest BCUT2D eigenvalue weighted by Gasteiger charge is 2.09. The lowest BCUT2D eigenvalue weighted by molar-refractivity contribution is 0.0875. The number of nitrogens with zero attached hydrogens (tertiary/aromatic N) is 1. The van der Waals surface area contributed by atoms with Crippen LogP contribution in [0.1, 0.15) is 33.1 Å². The summed E-state index contributed by atoms with van der Waals surface area (Å²) in [6.07, 6.45) is 0.862. The molecule has 0 heterocycles. The van der Waals surface area contributed by atoms with Crippen LogP contribution in [0.5, 0.6) is 0 Å². The van der Waals surface area contributed by atoms with E-state index in [1.165, 1.54) is 0 Å². The van der Waals surface area contributed by atoms with Gasteiger partial charge >= 0.3 is 0 Å². The van der Waals surface area contributed by atoms with Crippen molar-refractivity contribution in [1.29, 1.82) is 0 Å². The summed E-state index contributed by atoms with van der Waals surface area (Å²) in [7, 11) is 0. The van der Waals surface area contributed by atoms with E-state index in [0.717, 1.165) is 32.4 Å². The SMILES string of the molecule is CCCCN(CCC)CC(F)F. The molecule has 0 spiro atoms. The molecule has 0 aromatic rings. The number of hydrogen-bond acceptors (Lipinski definition) is 1. The molecule has 0 amide bonds. The zero-order chi connectivity index (χ0) is 9.40. The van der Waals surface area contributed by atoms with E-state index in [1.807, 2.05) is 11.8 Å². The molecule has 0 aliphatic carbocycles. The standard InChI is InChI=1S/C9H19F2N/c1-3-5-7-12(6-4-2)8-9(10)11/h9H,3-8H2,1-2H3. The maximum absolute atomic E-state index is 12.0. The quantitative estimate of drug-likeness (QED) is 0.581. The Morgan fingerprint density at radius 3 is 2.17 bits per heavy atom. The predicted molar refractivity (Wildman–Crippen MR) is 47.6 cm³/mol. The van der Waals surface area contributed by atoms with Gasteiger partial charge in [0, 0.05) is 0 Å². The molecule has 12 heavy (non-hydrogen) atoms. The van der Waals surface area contributed by atoms with Crippen LogP contribution < -0.4 is 0 Å². The number of halogens is 2. The maximum Gasteiger partial charge on any atom is 0.251 e. The van der Waals surface area contributed by atoms with Crippen LogP contribution in [0.2, 0.25) is 0 Å². The molecule has 0 rings (SSSR count). The first-order valence-electron chi connectivity index (χ1n) is 4.71. The van der Waals surface area contributed by atoms with Crippen LogP contribution in [0.25, 0.3) is 0 Å². The molecule has 0 saturated carbocycles. The second-order valence-corrected chi connectivity index (χ2v) is 3.05. The Kier molecular flexibility index (Phi) is 7.36. The Hall–Kier alpha value is -0.180. The minimum atomic E-state index is -2.19. The average Bonchev–Trinajstić information content (AvgIpc) is 2.00. The van der Waals surface area contributed by atoms with Crippen molar-refractivity contribution in [2.75, 3.05) is 19.6 Å². The molecular weight excluding hydrogens is 160 g/mol. The number of alkyl halides is 2. The summed E-state index contributed by atoms with van der Waals surface area (Å²) in [5, 5.41) is 0. The Morgan fingerprint density at radius 2 is 1.75 bits per heavy atom. The lowest BCUT2D eigenvalue weighted by atomic mass is 10.3. The number of unbranched alkanes of at least 4 members (excludes halogenated alkanes) is 1. The van der Waals surface area contributed by atoms with E-state index in [2.05, 4.69) is 6.92 Å². The summed E-state index contributed by atoms with van der Waals surface area (Å²) in [6, 6.07) is 0. The zero-order valence-electron chi connectivity index (χ0n) is 8.02. The van der Waals surface area contributed by atoms with E-state index >= 15 is 0 Å². The van der Waals surface area contributed by atoms with E-state index in [0.29, 0.717) is 0 Å². The highest BCUT2D eigenvalue weighted by Crippen LogP contribution is 2.01. The fraction of sp³-hybridized carbons (Fsp3) is 1.00. The van der Waals surface area contributed by atoms with Gasteiger partial charge in [-0.3, -0.25) is 4.90 Å². The van der Waals surface area contributed by atoms with E-state index in [4.69, 9.17) is 0 Å². The molecule has 0 bridgehead atoms. The van der Waals surface area contributed by atoms with Crippen molar-refractivity contribution in [2.45, 2.75) is 39.5 Å². The van der Waals surface area contributed by atoms with Gasteiger partial charge in [-0.25, -0.2) is 8.78 Å². The van der Waals surface area contributed by atoms with Crippen molar-refractivity contribution in [3.05, 3.63) is 0 Å². The minimum absolute atomic E-state index is 0.0617. The second-order valence-electron chi connectivity index (χ2n) is 3.05. The monoisotopic (exact) mass is 179 g/mol. The van der Waals surface area contributed by atoms with E-state index in [1.54, 1.807) is 0 Å². The zero-order valence-corrected chi connectivity index (χ0v) is 8.02. The van der Waals surface area contributed by atoms with Crippen molar-refractivity contribution in [3.8, 4) is 0 Å². The fourth-order valence-corrected chi connectivity index (χ4v) is 1.19. The van der Waals surface area contributed by atoms with Gasteiger partial charge in [0.2, 0.25) is 0 Å². The summed E-state index contributed by atoms with van der Waals surface area (Å²) < 4.78 is 24.0. The highest BCUT2D eigenvalue weighted by molar-refractivity contribution is 4.57. The molecule has 3 heteroatoms. The molecule has 0 atom stereocenters. The van der Waals surface area contributed by atoms with Crippen molar-refractivity contribution in [2.24, 2.45) is 0 Å². The van der Waals surface area contributed by atoms with Crippen LogP contribution >= 0.6 is 0 Å². The van der Waals surface area contributed by atoms with Crippen LogP contribution in [-0.2, 0) is 0 Å². The predicted octanol–water partition coefficient (Wildman–Crippen LogP) is 2.76. The molecular formula is C9H19F2N. The first-order chi connectivity index (χ1) is 5.70. The molecule has 0 aliphatic heterocycles. The van der Waals surface area contributed by atoms with E-state index < -0.39 is 6.43 Å². The topological polar surface area (TPSA) is 3.24 Å². The van der Waals surface area contributed by atoms with Gasteiger partial charge < -0.3 is 0 Å². The Bertz CT molecular complexity index is 96.5. The summed E-state index contributed by atoms with van der Waals surface area (Å²) in [5.74, 6) is 0. The smallest absolute Gasteiger partial charge is 0.251 e. The van der Waals surface area contributed by atoms with Gasteiger partial charge in [0.15, 0.2) is 0 Å². The van der Waals surface area contributed by atoms with Crippen LogP contribution in [-0.4, -0.2) is 31.0 Å². The summed E-state index contributed by atoms with van der Waals surface area (Å²) in [4.78, 5) is 1.84. The maximum atomic E-state index is 12.0. The molecule has 74 valence electrons. The molecule has 1 nitrogen and oxygen atoms in total. The largest absolute Gasteiger partial charge is 0.298 e. The van der Waals surface area contributed by atoms with Gasteiger partial charge in [0.05, 0.1) is 6.54 Å². The summed E-state index contributed by atoms with van der Waals surface area (Å²) in [6.45, 7) is 5.64. The number of rotatable bonds is 7. The highest BCUT2D eigenvalue weighted by atomic mass is 19.3. The molecule has 0 aliphatic rings. The molecule has 0 unspecified atom stereocenters. The first kappa shape index (κ1) is 11.8. The normalized spacial score (nSPS) is 11.5. The van der Waals surface area contributed by atoms with Crippen LogP contribution in [0.4, 0.5) is 8.78 Å². The van der Waals surface area contributed by atoms with Gasteiger partial charge in [-0.2, -0.15) is 0 Å². The van der Waals surface area contributed by atoms with Crippen LogP contribution in [0, 0.1) is 0 Å². The molecule has 0 saturated heterocycles. The Morgan fingerprint density at radius 1 is 1.08 bits per heavy atom. The van der Waals surface area contributed by atoms with E-state index in [-0.39, 0.29) is 6.54 Å². The summed E-state index contributed by atoms with van der Waals surface area (Å²) >= 11 is 0. The Balaban J connectivity index is 3.54. The lowest BCUT2D eigenvalue weighted by Gasteiger charge is -2.20. The van der Waals surface area contributed by atoms with Crippen LogP contribution in [0.3, 0.4) is 0 Å². The molecule has 0 fully saturated rings. The Labute approximate surface area is 73.7 Å². The average molecular weight is 179 g/mol. The van der Waals surface area contributed by atoms with Gasteiger partial charge in [0.1, 0.15) is 0 Å². The van der Waals surface area contributed by atoms with Gasteiger partial charge in [0.25, 0.3) is 6.43 Å². The fourth-order valence-electron chi connectivity index (χ4n) is 1.19. The molecule has 0 aromatic heterocycles. The first-order valence-corrected chi connectivity index (χ1v) is 4.71. The minimum Gasteiger partial charge on any atom is -0.298 e. The van der Waals surface area contributed by atoms with Crippen LogP contribution in [0.15, 0.2) is 0 Å². The molecule has 0 N–H and O–H groups in total. The third-order valence-corrected chi connectivity index (χ3v) is 1.76. The van der Waals surface area contributed by atoms with Crippen molar-refractivity contribution in [3.63, 3.8) is 0 Å². The van der Waals surface area contributed by atoms with Gasteiger partial charge in [-0.15, -0.1) is 0 Å². The third kappa shape index (κ3) is 6.53. The van der Waals surface area contributed by atoms with Gasteiger partial charge in [-0.1, -0.05) is 20.3 Å². The number of hydrogen-bond donors (Lipinski definition) is 0. The molecule has 0 radical (unpaired) electrons.